The zero-order chi connectivity index (χ0) is 38.3. The van der Waals surface area contributed by atoms with Gasteiger partial charge in [-0.05, 0) is 81.0 Å². The van der Waals surface area contributed by atoms with Crippen LogP contribution in [-0.4, -0.2) is 73.9 Å². The minimum atomic E-state index is -1.58. The number of unbranched alkanes of at least 4 members (excludes halogenated alkanes) is 5. The topological polar surface area (TPSA) is 189 Å². The molecule has 0 radical (unpaired) electrons. The average Bonchev–Trinajstić information content (AvgIpc) is 3.87. The molecule has 2 aromatic carbocycles. The summed E-state index contributed by atoms with van der Waals surface area (Å²) in [6, 6.07) is 16.7. The molecule has 0 saturated carbocycles. The normalized spacial score (nSPS) is 18.0. The number of fused-ring (bicyclic) bond motifs is 1. The van der Waals surface area contributed by atoms with Crippen LogP contribution in [0.3, 0.4) is 0 Å². The Bertz CT molecular complexity index is 1740. The molecule has 292 valence electrons. The average molecular weight is 799 g/mol. The largest absolute Gasteiger partial charge is 0.356 e. The van der Waals surface area contributed by atoms with Crippen molar-refractivity contribution in [1.29, 1.82) is 0 Å². The molecule has 1 unspecified atom stereocenters. The lowest BCUT2D eigenvalue weighted by atomic mass is 10.0. The van der Waals surface area contributed by atoms with Gasteiger partial charge in [0, 0.05) is 53.9 Å². The van der Waals surface area contributed by atoms with Crippen molar-refractivity contribution in [1.82, 2.24) is 36.4 Å². The lowest BCUT2D eigenvalue weighted by molar-refractivity contribution is -0.122. The summed E-state index contributed by atoms with van der Waals surface area (Å²) >= 11 is 8.00. The molecule has 16 heteroatoms. The molecular weight excluding hydrogens is 748 g/mol. The Morgan fingerprint density at radius 3 is 2.07 bits per heavy atom. The molecule has 2 aliphatic rings. The predicted molar refractivity (Wildman–Crippen MR) is 213 cm³/mol. The summed E-state index contributed by atoms with van der Waals surface area (Å²) in [5, 5.41) is 26.2. The number of nitrogens with one attached hydrogen (secondary N) is 5. The van der Waals surface area contributed by atoms with E-state index in [0.29, 0.717) is 59.6 Å². The zero-order valence-electron chi connectivity index (χ0n) is 30.4. The number of thioether (sulfide) groups is 1. The SMILES string of the molecule is NS(=O)c1ccc(-n2nc(CNC(=O)CCCCCNC(=O)CCCCCNC(=O)CCCC[C@H]3SC[C@H]4NC(=O)N[C@H]43)cc2-c2ccc(Cl)cc2)cc1. The lowest BCUT2D eigenvalue weighted by Gasteiger charge is -2.16. The highest BCUT2D eigenvalue weighted by molar-refractivity contribution is 8.00. The van der Waals surface area contributed by atoms with Crippen LogP contribution in [0.1, 0.15) is 82.7 Å². The second-order valence-electron chi connectivity index (χ2n) is 13.7. The first-order valence-corrected chi connectivity index (χ1v) is 21.4. The summed E-state index contributed by atoms with van der Waals surface area (Å²) in [7, 11) is -1.58. The number of hydrogen-bond donors (Lipinski definition) is 6. The highest BCUT2D eigenvalue weighted by Gasteiger charge is 2.42. The van der Waals surface area contributed by atoms with Crippen LogP contribution in [0.4, 0.5) is 4.79 Å². The summed E-state index contributed by atoms with van der Waals surface area (Å²) in [6.07, 6.45) is 8.99. The summed E-state index contributed by atoms with van der Waals surface area (Å²) < 4.78 is 13.4. The van der Waals surface area contributed by atoms with Crippen molar-refractivity contribution < 1.29 is 23.4 Å². The maximum absolute atomic E-state index is 12.6. The van der Waals surface area contributed by atoms with E-state index >= 15 is 0 Å². The minimum Gasteiger partial charge on any atom is -0.356 e. The van der Waals surface area contributed by atoms with Gasteiger partial charge in [0.05, 0.1) is 40.6 Å². The predicted octanol–water partition coefficient (Wildman–Crippen LogP) is 4.87. The molecular formula is C38H51ClN8O5S2. The third-order valence-corrected chi connectivity index (χ3v) is 12.1. The number of nitrogens with zero attached hydrogens (tertiary/aromatic N) is 2. The summed E-state index contributed by atoms with van der Waals surface area (Å²) in [6.45, 7) is 1.47. The summed E-state index contributed by atoms with van der Waals surface area (Å²) in [5.41, 5.74) is 3.17. The molecule has 13 nitrogen and oxygen atoms in total. The van der Waals surface area contributed by atoms with Gasteiger partial charge in [0.25, 0.3) is 0 Å². The van der Waals surface area contributed by atoms with Gasteiger partial charge in [-0.3, -0.25) is 14.4 Å². The number of urea groups is 1. The van der Waals surface area contributed by atoms with Crippen LogP contribution in [0.25, 0.3) is 16.9 Å². The molecule has 54 heavy (non-hydrogen) atoms. The first kappa shape index (κ1) is 41.2. The molecule has 5 rings (SSSR count). The first-order chi connectivity index (χ1) is 26.2. The van der Waals surface area contributed by atoms with Gasteiger partial charge < -0.3 is 26.6 Å². The molecule has 0 bridgehead atoms. The van der Waals surface area contributed by atoms with E-state index in [0.717, 1.165) is 74.1 Å². The fourth-order valence-corrected chi connectivity index (χ4v) is 8.69. The smallest absolute Gasteiger partial charge is 0.315 e. The number of carbonyl (C=O) groups is 4. The minimum absolute atomic E-state index is 0.0270. The Morgan fingerprint density at radius 1 is 0.833 bits per heavy atom. The van der Waals surface area contributed by atoms with E-state index in [-0.39, 0.29) is 42.4 Å². The number of carbonyl (C=O) groups excluding carboxylic acids is 4. The Hall–Kier alpha value is -3.92. The van der Waals surface area contributed by atoms with Crippen molar-refractivity contribution in [2.24, 2.45) is 5.14 Å². The number of rotatable bonds is 22. The molecule has 3 heterocycles. The number of nitrogens with two attached hydrogens (primary N) is 1. The van der Waals surface area contributed by atoms with Crippen LogP contribution in [0.15, 0.2) is 59.5 Å². The third-order valence-electron chi connectivity index (χ3n) is 9.57. The molecule has 2 fully saturated rings. The Balaban J connectivity index is 0.876. The highest BCUT2D eigenvalue weighted by Crippen LogP contribution is 2.33. The van der Waals surface area contributed by atoms with Gasteiger partial charge in [-0.1, -0.05) is 43.0 Å². The second kappa shape index (κ2) is 21.2. The van der Waals surface area contributed by atoms with E-state index in [1.165, 1.54) is 0 Å². The van der Waals surface area contributed by atoms with Crippen LogP contribution >= 0.6 is 23.4 Å². The van der Waals surface area contributed by atoms with Gasteiger partial charge in [0.1, 0.15) is 11.0 Å². The fourth-order valence-electron chi connectivity index (χ4n) is 6.62. The van der Waals surface area contributed by atoms with Crippen molar-refractivity contribution in [2.45, 2.75) is 106 Å². The van der Waals surface area contributed by atoms with Crippen molar-refractivity contribution >= 4 is 58.1 Å². The molecule has 3 aromatic rings. The number of hydrogen-bond acceptors (Lipinski definition) is 7. The Kier molecular flexibility index (Phi) is 16.2. The highest BCUT2D eigenvalue weighted by atomic mass is 35.5. The summed E-state index contributed by atoms with van der Waals surface area (Å²) in [4.78, 5) is 49.0. The van der Waals surface area contributed by atoms with E-state index in [2.05, 4.69) is 26.6 Å². The van der Waals surface area contributed by atoms with Crippen molar-refractivity contribution in [3.63, 3.8) is 0 Å². The van der Waals surface area contributed by atoms with Crippen LogP contribution in [-0.2, 0) is 31.9 Å². The van der Waals surface area contributed by atoms with Crippen LogP contribution in [0.2, 0.25) is 5.02 Å². The van der Waals surface area contributed by atoms with Crippen molar-refractivity contribution in [2.75, 3.05) is 18.8 Å². The summed E-state index contributed by atoms with van der Waals surface area (Å²) in [5.74, 6) is 0.982. The zero-order valence-corrected chi connectivity index (χ0v) is 32.8. The second-order valence-corrected chi connectivity index (χ2v) is 16.5. The monoisotopic (exact) mass is 798 g/mol. The number of benzene rings is 2. The first-order valence-electron chi connectivity index (χ1n) is 18.8. The number of amides is 5. The third kappa shape index (κ3) is 12.8. The van der Waals surface area contributed by atoms with E-state index in [1.807, 2.05) is 30.0 Å². The van der Waals surface area contributed by atoms with E-state index in [4.69, 9.17) is 21.8 Å². The van der Waals surface area contributed by atoms with Gasteiger partial charge in [-0.15, -0.1) is 0 Å². The van der Waals surface area contributed by atoms with E-state index in [1.54, 1.807) is 41.1 Å². The van der Waals surface area contributed by atoms with E-state index in [9.17, 15) is 23.4 Å². The lowest BCUT2D eigenvalue weighted by Crippen LogP contribution is -2.36. The number of aromatic nitrogens is 2. The molecule has 0 aliphatic carbocycles. The maximum Gasteiger partial charge on any atom is 0.315 e. The van der Waals surface area contributed by atoms with Gasteiger partial charge in [0.2, 0.25) is 17.7 Å². The van der Waals surface area contributed by atoms with Crippen LogP contribution in [0, 0.1) is 0 Å². The standard InChI is InChI=1S/C38H51ClN8O5S2/c39-27-15-13-26(14-16-27)32-23-28(46-47(32)29-17-19-30(20-18-29)54(40)52)24-43-36(50)11-4-2-8-21-41-34(48)10-3-1-7-22-42-35(49)12-6-5-9-33-37-31(25-53-33)44-38(51)45-37/h13-20,23,31,33,37H,1-12,21-22,24-25,40H2,(H,41,48)(H,42,49)(H,43,50)(H2,44,45,51)/t31-,33-,37-,54?/m1/s1. The van der Waals surface area contributed by atoms with E-state index < -0.39 is 11.0 Å². The maximum atomic E-state index is 12.6. The van der Waals surface area contributed by atoms with Crippen LogP contribution < -0.4 is 31.7 Å². The molecule has 1 aromatic heterocycles. The van der Waals surface area contributed by atoms with Crippen molar-refractivity contribution in [3.8, 4) is 16.9 Å². The van der Waals surface area contributed by atoms with Gasteiger partial charge >= 0.3 is 6.03 Å². The molecule has 7 N–H and O–H groups in total. The van der Waals surface area contributed by atoms with Gasteiger partial charge in [0.15, 0.2) is 0 Å². The van der Waals surface area contributed by atoms with Gasteiger partial charge in [-0.25, -0.2) is 18.8 Å². The molecule has 5 amide bonds. The van der Waals surface area contributed by atoms with Crippen molar-refractivity contribution in [3.05, 3.63) is 65.3 Å². The van der Waals surface area contributed by atoms with Gasteiger partial charge in [-0.2, -0.15) is 16.9 Å². The Labute approximate surface area is 328 Å². The molecule has 4 atom stereocenters. The molecule has 2 aliphatic heterocycles. The van der Waals surface area contributed by atoms with Crippen LogP contribution in [0.5, 0.6) is 0 Å². The molecule has 0 spiro atoms. The molecule has 2 saturated heterocycles. The Morgan fingerprint density at radius 2 is 1.44 bits per heavy atom. The fraction of sp³-hybridized carbons (Fsp3) is 0.500. The number of halogens is 1. The quantitative estimate of drug-likeness (QED) is 0.0618.